The molecule has 0 N–H and O–H groups in total. The Bertz CT molecular complexity index is 964. The minimum Gasteiger partial charge on any atom is -0.202 e. The maximum atomic E-state index is 12.5. The summed E-state index contributed by atoms with van der Waals surface area (Å²) in [5, 5.41) is 0. The van der Waals surface area contributed by atoms with Crippen molar-refractivity contribution in [2.45, 2.75) is 28.5 Å². The summed E-state index contributed by atoms with van der Waals surface area (Å²) in [5.41, 5.74) is -27.3. The highest BCUT2D eigenvalue weighted by atomic mass is 32.3. The zero-order valence-electron chi connectivity index (χ0n) is 14.5. The number of hydrogen-bond donors (Lipinski definition) is 0. The first kappa shape index (κ1) is 31.9. The SMILES string of the molecule is O=S(=O)(N(CCCN(S(=O)(=O)C(F)(F)F)S(=O)(=O)C(F)(F)F)S(=O)(=O)C(F)(F)F)C(F)(F)F. The fourth-order valence-electron chi connectivity index (χ4n) is 1.53. The largest absolute Gasteiger partial charge is 0.512 e. The molecule has 26 heteroatoms. The second kappa shape index (κ2) is 8.83. The molecule has 10 nitrogen and oxygen atoms in total. The monoisotopic (exact) mass is 602 g/mol. The van der Waals surface area contributed by atoms with Crippen molar-refractivity contribution in [3.8, 4) is 0 Å². The molecule has 0 spiro atoms. The highest BCUT2D eigenvalue weighted by Gasteiger charge is 2.63. The van der Waals surface area contributed by atoms with E-state index in [1.54, 1.807) is 0 Å². The summed E-state index contributed by atoms with van der Waals surface area (Å²) in [7, 11) is -30.2. The average molecular weight is 602 g/mol. The number of rotatable bonds is 8. The first-order chi connectivity index (χ1) is 14.0. The van der Waals surface area contributed by atoms with Crippen molar-refractivity contribution in [1.82, 2.24) is 7.42 Å². The molecule has 0 aromatic rings. The predicted molar refractivity (Wildman–Crippen MR) is 77.9 cm³/mol. The van der Waals surface area contributed by atoms with Crippen LogP contribution in [0.5, 0.6) is 0 Å². The Balaban J connectivity index is 6.55. The van der Waals surface area contributed by atoms with Crippen LogP contribution < -0.4 is 0 Å². The molecule has 0 atom stereocenters. The van der Waals surface area contributed by atoms with Crippen LogP contribution in [0, 0.1) is 0 Å². The Hall–Kier alpha value is -1.12. The Kier molecular flexibility index (Phi) is 8.53. The molecule has 0 radical (unpaired) electrons. The van der Waals surface area contributed by atoms with Gasteiger partial charge in [-0.25, -0.2) is 33.7 Å². The van der Waals surface area contributed by atoms with Crippen LogP contribution in [0.3, 0.4) is 0 Å². The maximum Gasteiger partial charge on any atom is 0.512 e. The van der Waals surface area contributed by atoms with Crippen LogP contribution in [0.1, 0.15) is 6.42 Å². The maximum absolute atomic E-state index is 12.5. The quantitative estimate of drug-likeness (QED) is 0.380. The molecule has 0 unspecified atom stereocenters. The minimum absolute atomic E-state index is 2.35. The van der Waals surface area contributed by atoms with Crippen molar-refractivity contribution >= 4 is 40.1 Å². The van der Waals surface area contributed by atoms with Gasteiger partial charge < -0.3 is 0 Å². The van der Waals surface area contributed by atoms with Gasteiger partial charge in [-0.3, -0.25) is 0 Å². The molecule has 0 fully saturated rings. The lowest BCUT2D eigenvalue weighted by molar-refractivity contribution is -0.0533. The summed E-state index contributed by atoms with van der Waals surface area (Å²) >= 11 is 0. The zero-order chi connectivity index (χ0) is 27.3. The Labute approximate surface area is 175 Å². The Morgan fingerprint density at radius 1 is 0.394 bits per heavy atom. The summed E-state index contributed by atoms with van der Waals surface area (Å²) in [5.74, 6) is 0. The highest BCUT2D eigenvalue weighted by molar-refractivity contribution is 8.05. The van der Waals surface area contributed by atoms with E-state index in [0.29, 0.717) is 0 Å². The van der Waals surface area contributed by atoms with Gasteiger partial charge in [0, 0.05) is 13.1 Å². The van der Waals surface area contributed by atoms with E-state index in [0.717, 1.165) is 0 Å². The van der Waals surface area contributed by atoms with Crippen molar-refractivity contribution in [3.63, 3.8) is 0 Å². The van der Waals surface area contributed by atoms with E-state index in [-0.39, 0.29) is 0 Å². The zero-order valence-corrected chi connectivity index (χ0v) is 17.7. The second-order valence-corrected chi connectivity index (χ2v) is 13.0. The second-order valence-electron chi connectivity index (χ2n) is 5.15. The topological polar surface area (TPSA) is 143 Å². The van der Waals surface area contributed by atoms with Crippen molar-refractivity contribution in [1.29, 1.82) is 0 Å². The van der Waals surface area contributed by atoms with Crippen LogP contribution in [-0.4, -0.2) is 76.2 Å². The molecule has 200 valence electrons. The lowest BCUT2D eigenvalue weighted by Crippen LogP contribution is -2.52. The number of halogens is 12. The summed E-state index contributed by atoms with van der Waals surface area (Å²) in [6.07, 6.45) is -2.35. The molecule has 0 aromatic carbocycles. The number of hydrogen-bond acceptors (Lipinski definition) is 8. The van der Waals surface area contributed by atoms with Crippen LogP contribution in [0.2, 0.25) is 0 Å². The highest BCUT2D eigenvalue weighted by Crippen LogP contribution is 2.37. The summed E-state index contributed by atoms with van der Waals surface area (Å²) < 4.78 is 235. The smallest absolute Gasteiger partial charge is 0.202 e. The molecule has 0 saturated heterocycles. The third kappa shape index (κ3) is 6.12. The Morgan fingerprint density at radius 3 is 0.667 bits per heavy atom. The fraction of sp³-hybridized carbons (Fsp3) is 1.00. The van der Waals surface area contributed by atoms with E-state index in [9.17, 15) is 86.4 Å². The molecule has 0 rings (SSSR count). The van der Waals surface area contributed by atoms with Gasteiger partial charge in [0.2, 0.25) is 0 Å². The molecule has 0 aliphatic rings. The van der Waals surface area contributed by atoms with Gasteiger partial charge in [0.15, 0.2) is 0 Å². The molecule has 0 aromatic heterocycles. The number of nitrogens with zero attached hydrogens (tertiary/aromatic N) is 2. The first-order valence-electron chi connectivity index (χ1n) is 6.78. The van der Waals surface area contributed by atoms with Crippen LogP contribution >= 0.6 is 0 Å². The summed E-state index contributed by atoms with van der Waals surface area (Å²) in [6.45, 7) is -5.55. The van der Waals surface area contributed by atoms with Gasteiger partial charge in [0.25, 0.3) is 0 Å². The fourth-order valence-corrected chi connectivity index (χ4v) is 7.01. The van der Waals surface area contributed by atoms with Crippen LogP contribution in [0.25, 0.3) is 0 Å². The molecule has 0 aliphatic carbocycles. The van der Waals surface area contributed by atoms with E-state index in [1.807, 2.05) is 0 Å². The van der Waals surface area contributed by atoms with Gasteiger partial charge in [0.05, 0.1) is 0 Å². The van der Waals surface area contributed by atoms with Gasteiger partial charge in [-0.2, -0.15) is 52.7 Å². The average Bonchev–Trinajstić information content (AvgIpc) is 2.49. The van der Waals surface area contributed by atoms with Gasteiger partial charge >= 0.3 is 62.1 Å². The molecular formula is C7H6F12N2O8S4. The molecule has 0 aliphatic heterocycles. The summed E-state index contributed by atoms with van der Waals surface area (Å²) in [4.78, 5) is 0. The molecule has 33 heavy (non-hydrogen) atoms. The van der Waals surface area contributed by atoms with Crippen molar-refractivity contribution in [3.05, 3.63) is 0 Å². The third-order valence-electron chi connectivity index (χ3n) is 2.92. The standard InChI is InChI=1S/C7H6F12N2O8S4/c8-4(9,10)30(22,23)20(31(24,25)5(11,12)13)2-1-3-21(32(26,27)6(14,15)16)33(28,29)7(17,18)19/h1-3H2. The van der Waals surface area contributed by atoms with Crippen LogP contribution in [0.4, 0.5) is 52.7 Å². The Morgan fingerprint density at radius 2 is 0.545 bits per heavy atom. The first-order valence-corrected chi connectivity index (χ1v) is 12.5. The van der Waals surface area contributed by atoms with Crippen LogP contribution in [0.15, 0.2) is 0 Å². The van der Waals surface area contributed by atoms with Crippen LogP contribution in [-0.2, 0) is 40.1 Å². The summed E-state index contributed by atoms with van der Waals surface area (Å²) in [6, 6.07) is 0. The van der Waals surface area contributed by atoms with Gasteiger partial charge in [-0.15, -0.1) is 0 Å². The van der Waals surface area contributed by atoms with Crippen molar-refractivity contribution in [2.75, 3.05) is 13.1 Å². The van der Waals surface area contributed by atoms with Crippen molar-refractivity contribution < 1.29 is 86.4 Å². The lowest BCUT2D eigenvalue weighted by Gasteiger charge is -2.26. The van der Waals surface area contributed by atoms with E-state index in [2.05, 4.69) is 0 Å². The molecular weight excluding hydrogens is 596 g/mol. The van der Waals surface area contributed by atoms with Gasteiger partial charge in [-0.1, -0.05) is 7.42 Å². The lowest BCUT2D eigenvalue weighted by atomic mass is 10.4. The van der Waals surface area contributed by atoms with Gasteiger partial charge in [0.1, 0.15) is 0 Å². The van der Waals surface area contributed by atoms with E-state index in [4.69, 9.17) is 0 Å². The van der Waals surface area contributed by atoms with E-state index in [1.165, 1.54) is 0 Å². The number of alkyl halides is 12. The molecule has 0 heterocycles. The molecule has 0 saturated carbocycles. The van der Waals surface area contributed by atoms with E-state index >= 15 is 0 Å². The minimum atomic E-state index is -7.54. The normalized spacial score (nSPS) is 15.9. The number of sulfonamides is 4. The molecule has 0 amide bonds. The third-order valence-corrected chi connectivity index (χ3v) is 10.5. The van der Waals surface area contributed by atoms with Gasteiger partial charge in [-0.05, 0) is 6.42 Å². The predicted octanol–water partition coefficient (Wildman–Crippen LogP) is 1.38. The van der Waals surface area contributed by atoms with E-state index < -0.39 is 89.1 Å². The molecule has 0 bridgehead atoms. The van der Waals surface area contributed by atoms with Crippen molar-refractivity contribution in [2.24, 2.45) is 0 Å².